The Kier molecular flexibility index (Phi) is 7.85. The van der Waals surface area contributed by atoms with Crippen molar-refractivity contribution in [2.45, 2.75) is 26.8 Å². The number of thiocarbonyl (C=S) groups is 1. The van der Waals surface area contributed by atoms with Gasteiger partial charge in [0, 0.05) is 30.1 Å². The smallest absolute Gasteiger partial charge is 0.338 e. The van der Waals surface area contributed by atoms with Crippen LogP contribution in [-0.2, 0) is 9.53 Å². The van der Waals surface area contributed by atoms with Crippen LogP contribution in [0.4, 0.5) is 11.4 Å². The van der Waals surface area contributed by atoms with E-state index in [1.165, 1.54) is 12.1 Å². The van der Waals surface area contributed by atoms with E-state index in [0.717, 1.165) is 6.07 Å². The molecule has 0 radical (unpaired) electrons. The van der Waals surface area contributed by atoms with Crippen molar-refractivity contribution in [3.63, 3.8) is 0 Å². The van der Waals surface area contributed by atoms with Crippen LogP contribution in [0, 0.1) is 10.1 Å². The third kappa shape index (κ3) is 5.18. The van der Waals surface area contributed by atoms with Crippen molar-refractivity contribution in [1.82, 2.24) is 10.2 Å². The minimum absolute atomic E-state index is 0.0371. The van der Waals surface area contributed by atoms with Crippen molar-refractivity contribution in [1.29, 1.82) is 0 Å². The number of benzene rings is 2. The normalized spacial score (nSPS) is 15.6. The zero-order valence-electron chi connectivity index (χ0n) is 18.8. The van der Waals surface area contributed by atoms with Gasteiger partial charge >= 0.3 is 5.97 Å². The molecule has 2 aromatic carbocycles. The van der Waals surface area contributed by atoms with Gasteiger partial charge in [-0.25, -0.2) is 4.79 Å². The highest BCUT2D eigenvalue weighted by molar-refractivity contribution is 7.80. The second kappa shape index (κ2) is 10.6. The SMILES string of the molecule is CCOC(=O)C1=C(C)N(CC)C(=S)NC1c1cccc(NC(=O)c2ccc([N+](=O)[O-])cc2Cl)c1. The lowest BCUT2D eigenvalue weighted by atomic mass is 9.94. The zero-order chi connectivity index (χ0) is 25.0. The summed E-state index contributed by atoms with van der Waals surface area (Å²) in [6.07, 6.45) is 0. The Balaban J connectivity index is 1.93. The van der Waals surface area contributed by atoms with Crippen molar-refractivity contribution in [3.8, 4) is 0 Å². The first-order valence-electron chi connectivity index (χ1n) is 10.5. The fraction of sp³-hybridized carbons (Fsp3) is 0.261. The summed E-state index contributed by atoms with van der Waals surface area (Å²) in [6, 6.07) is 9.99. The van der Waals surface area contributed by atoms with Gasteiger partial charge in [0.15, 0.2) is 5.11 Å². The van der Waals surface area contributed by atoms with Gasteiger partial charge < -0.3 is 20.3 Å². The second-order valence-electron chi connectivity index (χ2n) is 7.35. The number of carbonyl (C=O) groups is 2. The molecule has 1 amide bonds. The van der Waals surface area contributed by atoms with Gasteiger partial charge in [-0.3, -0.25) is 14.9 Å². The lowest BCUT2D eigenvalue weighted by molar-refractivity contribution is -0.384. The molecule has 34 heavy (non-hydrogen) atoms. The molecule has 11 heteroatoms. The summed E-state index contributed by atoms with van der Waals surface area (Å²) < 4.78 is 5.28. The average Bonchev–Trinajstić information content (AvgIpc) is 2.79. The molecule has 0 saturated carbocycles. The number of hydrogen-bond donors (Lipinski definition) is 2. The molecule has 0 saturated heterocycles. The predicted octanol–water partition coefficient (Wildman–Crippen LogP) is 4.59. The van der Waals surface area contributed by atoms with Crippen LogP contribution in [0.3, 0.4) is 0 Å². The Morgan fingerprint density at radius 2 is 2.00 bits per heavy atom. The van der Waals surface area contributed by atoms with Crippen LogP contribution in [0.5, 0.6) is 0 Å². The summed E-state index contributed by atoms with van der Waals surface area (Å²) in [5.74, 6) is -0.982. The third-order valence-corrected chi connectivity index (χ3v) is 5.94. The molecule has 9 nitrogen and oxygen atoms in total. The van der Waals surface area contributed by atoms with Crippen LogP contribution in [0.2, 0.25) is 5.02 Å². The number of nitrogens with zero attached hydrogens (tertiary/aromatic N) is 2. The van der Waals surface area contributed by atoms with E-state index in [9.17, 15) is 19.7 Å². The van der Waals surface area contributed by atoms with Gasteiger partial charge in [-0.15, -0.1) is 0 Å². The summed E-state index contributed by atoms with van der Waals surface area (Å²) in [4.78, 5) is 37.7. The van der Waals surface area contributed by atoms with Gasteiger partial charge in [-0.2, -0.15) is 0 Å². The number of nitrogens with one attached hydrogen (secondary N) is 2. The molecule has 0 aromatic heterocycles. The quantitative estimate of drug-likeness (QED) is 0.244. The lowest BCUT2D eigenvalue weighted by Crippen LogP contribution is -2.47. The van der Waals surface area contributed by atoms with Gasteiger partial charge in [0.25, 0.3) is 11.6 Å². The highest BCUT2D eigenvalue weighted by atomic mass is 35.5. The van der Waals surface area contributed by atoms with Crippen molar-refractivity contribution in [2.75, 3.05) is 18.5 Å². The van der Waals surface area contributed by atoms with E-state index >= 15 is 0 Å². The van der Waals surface area contributed by atoms with Gasteiger partial charge in [0.1, 0.15) is 0 Å². The molecule has 1 heterocycles. The molecule has 0 spiro atoms. The van der Waals surface area contributed by atoms with Gasteiger partial charge in [0.05, 0.1) is 33.7 Å². The van der Waals surface area contributed by atoms with E-state index in [4.69, 9.17) is 28.6 Å². The number of hydrogen-bond acceptors (Lipinski definition) is 6. The number of amides is 1. The fourth-order valence-electron chi connectivity index (χ4n) is 3.68. The highest BCUT2D eigenvalue weighted by Crippen LogP contribution is 2.32. The molecule has 1 aliphatic rings. The number of nitro groups is 1. The molecule has 2 N–H and O–H groups in total. The summed E-state index contributed by atoms with van der Waals surface area (Å²) in [5.41, 5.74) is 2.14. The summed E-state index contributed by atoms with van der Waals surface area (Å²) in [5, 5.41) is 17.3. The molecule has 178 valence electrons. The molecule has 1 atom stereocenters. The van der Waals surface area contributed by atoms with E-state index in [2.05, 4.69) is 10.6 Å². The molecule has 1 unspecified atom stereocenters. The van der Waals surface area contributed by atoms with Crippen LogP contribution < -0.4 is 10.6 Å². The highest BCUT2D eigenvalue weighted by Gasteiger charge is 2.34. The van der Waals surface area contributed by atoms with E-state index < -0.39 is 22.8 Å². The molecule has 2 aromatic rings. The number of rotatable bonds is 7. The topological polar surface area (TPSA) is 114 Å². The Labute approximate surface area is 206 Å². The van der Waals surface area contributed by atoms with Crippen LogP contribution in [0.25, 0.3) is 0 Å². The second-order valence-corrected chi connectivity index (χ2v) is 8.14. The summed E-state index contributed by atoms with van der Waals surface area (Å²) >= 11 is 11.6. The molecule has 0 bridgehead atoms. The number of anilines is 1. The fourth-order valence-corrected chi connectivity index (χ4v) is 4.33. The van der Waals surface area contributed by atoms with Crippen LogP contribution in [0.15, 0.2) is 53.7 Å². The first kappa shape index (κ1) is 25.1. The zero-order valence-corrected chi connectivity index (χ0v) is 20.3. The number of halogens is 1. The number of nitro benzene ring substituents is 1. The van der Waals surface area contributed by atoms with Crippen molar-refractivity contribution in [2.24, 2.45) is 0 Å². The molecule has 0 aliphatic carbocycles. The minimum Gasteiger partial charge on any atom is -0.463 e. The van der Waals surface area contributed by atoms with E-state index in [-0.39, 0.29) is 22.9 Å². The third-order valence-electron chi connectivity index (χ3n) is 5.29. The van der Waals surface area contributed by atoms with Gasteiger partial charge in [-0.1, -0.05) is 23.7 Å². The number of carbonyl (C=O) groups excluding carboxylic acids is 2. The number of allylic oxidation sites excluding steroid dienone is 1. The largest absolute Gasteiger partial charge is 0.463 e. The Bertz CT molecular complexity index is 1200. The number of non-ortho nitro benzene ring substituents is 1. The van der Waals surface area contributed by atoms with Crippen LogP contribution in [-0.4, -0.2) is 40.0 Å². The molecule has 1 aliphatic heterocycles. The number of esters is 1. The van der Waals surface area contributed by atoms with Crippen molar-refractivity contribution in [3.05, 3.63) is 80.0 Å². The molecular formula is C23H23ClN4O5S. The maximum Gasteiger partial charge on any atom is 0.338 e. The van der Waals surface area contributed by atoms with E-state index in [0.29, 0.717) is 34.2 Å². The summed E-state index contributed by atoms with van der Waals surface area (Å²) in [7, 11) is 0. The number of ether oxygens (including phenoxy) is 1. The Morgan fingerprint density at radius 1 is 1.26 bits per heavy atom. The van der Waals surface area contributed by atoms with Crippen LogP contribution in [0.1, 0.15) is 42.7 Å². The predicted molar refractivity (Wildman–Crippen MR) is 133 cm³/mol. The van der Waals surface area contributed by atoms with Crippen molar-refractivity contribution < 1.29 is 19.2 Å². The average molecular weight is 503 g/mol. The Hall–Kier alpha value is -3.50. The minimum atomic E-state index is -0.588. The van der Waals surface area contributed by atoms with Crippen LogP contribution >= 0.6 is 23.8 Å². The van der Waals surface area contributed by atoms with Crippen molar-refractivity contribution >= 4 is 52.2 Å². The molecule has 3 rings (SSSR count). The molecular weight excluding hydrogens is 480 g/mol. The first-order valence-corrected chi connectivity index (χ1v) is 11.3. The Morgan fingerprint density at radius 3 is 2.62 bits per heavy atom. The van der Waals surface area contributed by atoms with E-state index in [1.54, 1.807) is 25.1 Å². The monoisotopic (exact) mass is 502 g/mol. The first-order chi connectivity index (χ1) is 16.2. The summed E-state index contributed by atoms with van der Waals surface area (Å²) in [6.45, 7) is 6.29. The van der Waals surface area contributed by atoms with Gasteiger partial charge in [-0.05, 0) is 56.8 Å². The maximum atomic E-state index is 12.8. The van der Waals surface area contributed by atoms with E-state index in [1.807, 2.05) is 24.8 Å². The van der Waals surface area contributed by atoms with Gasteiger partial charge in [0.2, 0.25) is 0 Å². The molecule has 0 fully saturated rings. The maximum absolute atomic E-state index is 12.8. The lowest BCUT2D eigenvalue weighted by Gasteiger charge is -2.37. The standard InChI is InChI=1S/C23H23ClN4O5S/c1-4-27-13(3)19(22(30)33-5-2)20(26-23(27)34)14-7-6-8-15(11-14)25-21(29)17-10-9-16(28(31)32)12-18(17)24/h6-12,20H,4-5H2,1-3H3,(H,25,29)(H,26,34).